The van der Waals surface area contributed by atoms with Gasteiger partial charge in [-0.25, -0.2) is 0 Å². The Labute approximate surface area is 194 Å². The molecule has 2 aromatic rings. The Morgan fingerprint density at radius 2 is 1.81 bits per heavy atom. The molecule has 1 atom stereocenters. The molecule has 0 unspecified atom stereocenters. The van der Waals surface area contributed by atoms with Gasteiger partial charge in [-0.2, -0.15) is 0 Å². The normalized spacial score (nSPS) is 17.0. The molecule has 0 radical (unpaired) electrons. The number of aryl methyl sites for hydroxylation is 1. The molecule has 0 saturated carbocycles. The lowest BCUT2D eigenvalue weighted by molar-refractivity contribution is -0.136. The van der Waals surface area contributed by atoms with Crippen molar-refractivity contribution in [3.63, 3.8) is 0 Å². The smallest absolute Gasteiger partial charge is 0.313 e. The van der Waals surface area contributed by atoms with Gasteiger partial charge in [-0.3, -0.25) is 14.5 Å². The average Bonchev–Trinajstić information content (AvgIpc) is 3.17. The summed E-state index contributed by atoms with van der Waals surface area (Å²) in [4.78, 5) is 29.7. The summed E-state index contributed by atoms with van der Waals surface area (Å²) in [5.74, 6) is -1.32. The fourth-order valence-corrected chi connectivity index (χ4v) is 4.79. The molecule has 7 heteroatoms. The van der Waals surface area contributed by atoms with Crippen molar-refractivity contribution in [1.29, 1.82) is 0 Å². The van der Waals surface area contributed by atoms with Crippen LogP contribution in [0.4, 0.5) is 11.4 Å². The summed E-state index contributed by atoms with van der Waals surface area (Å²) in [6, 6.07) is 11.9. The average molecular weight is 455 g/mol. The van der Waals surface area contributed by atoms with E-state index in [1.54, 1.807) is 12.1 Å². The molecule has 2 aromatic carbocycles. The van der Waals surface area contributed by atoms with Crippen LogP contribution in [-0.2, 0) is 16.0 Å². The first-order valence-corrected chi connectivity index (χ1v) is 11.7. The highest BCUT2D eigenvalue weighted by atomic mass is 35.5. The third kappa shape index (κ3) is 5.08. The van der Waals surface area contributed by atoms with E-state index in [0.29, 0.717) is 17.3 Å². The number of carbonyl (C=O) groups is 2. The molecule has 4 rings (SSSR count). The van der Waals surface area contributed by atoms with Gasteiger partial charge in [0.05, 0.1) is 6.04 Å². The van der Waals surface area contributed by atoms with E-state index in [1.165, 1.54) is 23.2 Å². The van der Waals surface area contributed by atoms with Crippen LogP contribution in [0.25, 0.3) is 0 Å². The van der Waals surface area contributed by atoms with Crippen molar-refractivity contribution in [1.82, 2.24) is 10.2 Å². The molecule has 1 saturated heterocycles. The molecule has 0 aliphatic carbocycles. The molecule has 2 aliphatic heterocycles. The fraction of sp³-hybridized carbons (Fsp3) is 0.440. The van der Waals surface area contributed by atoms with Crippen LogP contribution < -0.4 is 15.5 Å². The van der Waals surface area contributed by atoms with E-state index in [1.807, 2.05) is 13.0 Å². The Morgan fingerprint density at radius 1 is 1.03 bits per heavy atom. The van der Waals surface area contributed by atoms with Crippen LogP contribution in [0.5, 0.6) is 0 Å². The van der Waals surface area contributed by atoms with Crippen LogP contribution in [0, 0.1) is 6.92 Å². The van der Waals surface area contributed by atoms with Crippen LogP contribution in [0.15, 0.2) is 36.4 Å². The predicted octanol–water partition coefficient (Wildman–Crippen LogP) is 3.92. The quantitative estimate of drug-likeness (QED) is 0.672. The minimum absolute atomic E-state index is 0.0528. The third-order valence-corrected chi connectivity index (χ3v) is 6.95. The number of nitrogens with zero attached hydrogens (tertiary/aromatic N) is 2. The second kappa shape index (κ2) is 9.92. The van der Waals surface area contributed by atoms with Gasteiger partial charge >= 0.3 is 11.8 Å². The number of piperidine rings is 1. The zero-order valence-electron chi connectivity index (χ0n) is 18.8. The lowest BCUT2D eigenvalue weighted by Gasteiger charge is -2.35. The van der Waals surface area contributed by atoms with Crippen molar-refractivity contribution in [2.45, 2.75) is 38.6 Å². The second-order valence-corrected chi connectivity index (χ2v) is 9.21. The summed E-state index contributed by atoms with van der Waals surface area (Å²) >= 11 is 6.12. The van der Waals surface area contributed by atoms with Crippen LogP contribution in [-0.4, -0.2) is 49.9 Å². The monoisotopic (exact) mass is 454 g/mol. The molecular weight excluding hydrogens is 424 g/mol. The number of anilines is 2. The largest absolute Gasteiger partial charge is 0.374 e. The van der Waals surface area contributed by atoms with E-state index in [9.17, 15) is 9.59 Å². The molecule has 32 heavy (non-hydrogen) atoms. The van der Waals surface area contributed by atoms with E-state index >= 15 is 0 Å². The van der Waals surface area contributed by atoms with Gasteiger partial charge in [-0.15, -0.1) is 0 Å². The number of likely N-dealkylation sites (N-methyl/N-ethyl adjacent to an activating group) is 1. The number of nitrogens with one attached hydrogen (secondary N) is 2. The predicted molar refractivity (Wildman–Crippen MR) is 129 cm³/mol. The van der Waals surface area contributed by atoms with Gasteiger partial charge in [0, 0.05) is 36.5 Å². The summed E-state index contributed by atoms with van der Waals surface area (Å²) in [6.45, 7) is 5.33. The molecule has 6 nitrogen and oxygen atoms in total. The minimum atomic E-state index is -0.683. The fourth-order valence-electron chi connectivity index (χ4n) is 4.61. The Hall–Kier alpha value is -2.57. The van der Waals surface area contributed by atoms with Crippen molar-refractivity contribution in [2.75, 3.05) is 43.4 Å². The number of likely N-dealkylation sites (tertiary alicyclic amines) is 1. The highest BCUT2D eigenvalue weighted by Gasteiger charge is 2.26. The van der Waals surface area contributed by atoms with Crippen molar-refractivity contribution in [3.05, 3.63) is 58.1 Å². The zero-order chi connectivity index (χ0) is 22.7. The summed E-state index contributed by atoms with van der Waals surface area (Å²) in [6.07, 6.45) is 4.60. The first kappa shape index (κ1) is 22.6. The highest BCUT2D eigenvalue weighted by molar-refractivity contribution is 6.39. The van der Waals surface area contributed by atoms with Crippen molar-refractivity contribution >= 4 is 34.8 Å². The van der Waals surface area contributed by atoms with E-state index in [0.717, 1.165) is 44.5 Å². The number of fused-ring (bicyclic) bond motifs is 1. The number of halogens is 1. The number of rotatable bonds is 5. The number of amides is 2. The molecule has 2 amide bonds. The van der Waals surface area contributed by atoms with Gasteiger partial charge in [-0.05, 0) is 74.2 Å². The maximum atomic E-state index is 12.6. The molecule has 1 fully saturated rings. The number of hydrogen-bond acceptors (Lipinski definition) is 4. The molecule has 0 bridgehead atoms. The molecule has 2 aliphatic rings. The minimum Gasteiger partial charge on any atom is -0.374 e. The lowest BCUT2D eigenvalue weighted by Crippen LogP contribution is -2.43. The maximum Gasteiger partial charge on any atom is 0.313 e. The molecule has 0 aromatic heterocycles. The summed E-state index contributed by atoms with van der Waals surface area (Å²) in [7, 11) is 2.12. The summed E-state index contributed by atoms with van der Waals surface area (Å²) in [5.41, 5.74) is 5.26. The van der Waals surface area contributed by atoms with Crippen LogP contribution in [0.2, 0.25) is 5.02 Å². The van der Waals surface area contributed by atoms with E-state index < -0.39 is 11.8 Å². The Morgan fingerprint density at radius 3 is 2.56 bits per heavy atom. The first-order chi connectivity index (χ1) is 15.4. The number of hydrogen-bond donors (Lipinski definition) is 2. The standard InChI is InChI=1S/C25H31ClN4O2/c1-17-6-8-20(15-21(17)26)28-25(32)24(31)27-16-23(30-11-4-3-5-12-30)18-7-9-22-19(14-18)10-13-29(22)2/h6-9,14-15,23H,3-5,10-13,16H2,1-2H3,(H,27,31)(H,28,32)/t23-/m1/s1. The Bertz CT molecular complexity index is 1000. The second-order valence-electron chi connectivity index (χ2n) is 8.80. The Kier molecular flexibility index (Phi) is 7.01. The SMILES string of the molecule is Cc1ccc(NC(=O)C(=O)NC[C@H](c2ccc3c(c2)CCN3C)N2CCCCC2)cc1Cl. The van der Waals surface area contributed by atoms with E-state index in [2.05, 4.69) is 45.7 Å². The number of benzene rings is 2. The molecule has 2 N–H and O–H groups in total. The third-order valence-electron chi connectivity index (χ3n) is 6.54. The van der Waals surface area contributed by atoms with Crippen LogP contribution in [0.1, 0.15) is 42.0 Å². The number of carbonyl (C=O) groups excluding carboxylic acids is 2. The molecular formula is C25H31ClN4O2. The van der Waals surface area contributed by atoms with Crippen LogP contribution in [0.3, 0.4) is 0 Å². The summed E-state index contributed by atoms with van der Waals surface area (Å²) in [5, 5.41) is 6.05. The Balaban J connectivity index is 1.44. The van der Waals surface area contributed by atoms with Crippen molar-refractivity contribution in [3.8, 4) is 0 Å². The van der Waals surface area contributed by atoms with Gasteiger partial charge in [0.1, 0.15) is 0 Å². The summed E-state index contributed by atoms with van der Waals surface area (Å²) < 4.78 is 0. The topological polar surface area (TPSA) is 64.7 Å². The van der Waals surface area contributed by atoms with Gasteiger partial charge in [0.25, 0.3) is 0 Å². The highest BCUT2D eigenvalue weighted by Crippen LogP contribution is 2.32. The lowest BCUT2D eigenvalue weighted by atomic mass is 9.98. The van der Waals surface area contributed by atoms with Crippen molar-refractivity contribution < 1.29 is 9.59 Å². The first-order valence-electron chi connectivity index (χ1n) is 11.4. The van der Waals surface area contributed by atoms with E-state index in [-0.39, 0.29) is 6.04 Å². The van der Waals surface area contributed by atoms with Gasteiger partial charge in [-0.1, -0.05) is 36.2 Å². The van der Waals surface area contributed by atoms with Gasteiger partial charge in [0.2, 0.25) is 0 Å². The van der Waals surface area contributed by atoms with E-state index in [4.69, 9.17) is 11.6 Å². The molecule has 0 spiro atoms. The zero-order valence-corrected chi connectivity index (χ0v) is 19.5. The maximum absolute atomic E-state index is 12.6. The van der Waals surface area contributed by atoms with Crippen molar-refractivity contribution in [2.24, 2.45) is 0 Å². The van der Waals surface area contributed by atoms with Gasteiger partial charge in [0.15, 0.2) is 0 Å². The van der Waals surface area contributed by atoms with Gasteiger partial charge < -0.3 is 15.5 Å². The molecule has 2 heterocycles. The molecule has 170 valence electrons. The van der Waals surface area contributed by atoms with Crippen LogP contribution >= 0.6 is 11.6 Å².